The number of hydrogen-bond acceptors (Lipinski definition) is 18. The third-order valence-corrected chi connectivity index (χ3v) is 17.6. The van der Waals surface area contributed by atoms with Crippen molar-refractivity contribution in [2.45, 2.75) is 138 Å². The van der Waals surface area contributed by atoms with E-state index >= 15 is 0 Å². The van der Waals surface area contributed by atoms with Gasteiger partial charge in [-0.15, -0.1) is 0 Å². The van der Waals surface area contributed by atoms with Crippen LogP contribution in [0.25, 0.3) is 0 Å². The van der Waals surface area contributed by atoms with Crippen molar-refractivity contribution >= 4 is 87.1 Å². The molecule has 12 rings (SSSR count). The molecule has 24 nitrogen and oxygen atoms in total. The number of amides is 3. The van der Waals surface area contributed by atoms with Gasteiger partial charge in [-0.25, -0.2) is 29.9 Å². The molecule has 0 saturated heterocycles. The summed E-state index contributed by atoms with van der Waals surface area (Å²) in [7, 11) is 0. The molecule has 6 aromatic rings. The van der Waals surface area contributed by atoms with Crippen LogP contribution in [-0.2, 0) is 21.4 Å². The number of rotatable bonds is 12. The molecule has 0 radical (unpaired) electrons. The van der Waals surface area contributed by atoms with Crippen molar-refractivity contribution in [2.24, 2.45) is 3.95 Å². The van der Waals surface area contributed by atoms with Crippen LogP contribution in [-0.4, -0.2) is 81.1 Å². The number of pyridine rings is 3. The molecule has 7 N–H and O–H groups in total. The van der Waals surface area contributed by atoms with E-state index in [0.717, 1.165) is 70.6 Å². The van der Waals surface area contributed by atoms with Crippen molar-refractivity contribution in [3.8, 4) is 17.2 Å². The van der Waals surface area contributed by atoms with Crippen molar-refractivity contribution in [1.29, 1.82) is 0 Å². The Bertz CT molecular complexity index is 3470. The number of nitrogens with two attached hydrogens (primary N) is 1. The number of nitrogens with one attached hydrogen (secondary N) is 5. The fourth-order valence-corrected chi connectivity index (χ4v) is 13.6. The molecule has 3 aliphatic heterocycles. The number of fused-ring (bicyclic) bond motifs is 6. The van der Waals surface area contributed by atoms with E-state index in [1.165, 1.54) is 52.6 Å². The second kappa shape index (κ2) is 27.2. The Labute approximate surface area is 513 Å². The number of anilines is 4. The van der Waals surface area contributed by atoms with Crippen molar-refractivity contribution < 1.29 is 50.1 Å². The molecule has 0 atom stereocenters. The van der Waals surface area contributed by atoms with E-state index in [-0.39, 0.29) is 67.2 Å². The second-order valence-electron chi connectivity index (χ2n) is 20.4. The van der Waals surface area contributed by atoms with Crippen LogP contribution in [0.2, 0.25) is 20.2 Å². The van der Waals surface area contributed by atoms with Gasteiger partial charge in [-0.1, -0.05) is 47.6 Å². The van der Waals surface area contributed by atoms with Gasteiger partial charge in [0.1, 0.15) is 53.1 Å². The van der Waals surface area contributed by atoms with E-state index in [0.29, 0.717) is 100 Å². The number of carbonyl (C=O) groups excluding carboxylic acids is 3. The molecule has 3 fully saturated rings. The quantitative estimate of drug-likeness (QED) is 0.0384. The third kappa shape index (κ3) is 12.7. The Balaban J connectivity index is 0.000000141. The summed E-state index contributed by atoms with van der Waals surface area (Å²) < 4.78 is 27.0. The normalized spacial score (nSPS) is 17.2. The number of carbonyl (C=O) groups is 3. The number of halogens is 5. The Morgan fingerprint density at radius 3 is 1.23 bits per heavy atom. The topological polar surface area (TPSA) is 308 Å². The monoisotopic (exact) mass is 1340 g/mol. The molecular weight excluding hydrogens is 1280 g/mol. The van der Waals surface area contributed by atoms with Crippen LogP contribution in [0.15, 0.2) is 70.2 Å². The van der Waals surface area contributed by atoms with Gasteiger partial charge in [-0.2, -0.15) is 0 Å². The molecule has 3 amide bonds. The molecule has 0 bridgehead atoms. The molecule has 3 aliphatic carbocycles. The van der Waals surface area contributed by atoms with Crippen molar-refractivity contribution in [3.05, 3.63) is 130 Å². The maximum atomic E-state index is 13.3. The van der Waals surface area contributed by atoms with E-state index in [9.17, 15) is 28.8 Å². The fraction of sp³-hybridized carbons (Fsp3) is 0.455. The predicted molar refractivity (Wildman–Crippen MR) is 312 cm³/mol. The van der Waals surface area contributed by atoms with Gasteiger partial charge in [-0.05, 0) is 84.3 Å². The van der Waals surface area contributed by atoms with Crippen molar-refractivity contribution in [3.63, 3.8) is 0 Å². The maximum absolute atomic E-state index is 13.3. The first-order valence-electron chi connectivity index (χ1n) is 27.6. The first kappa shape index (κ1) is 61.9. The molecule has 6 aromatic heterocycles. The molecule has 84 heavy (non-hydrogen) atoms. The molecule has 0 aromatic carbocycles. The van der Waals surface area contributed by atoms with Crippen LogP contribution >= 0.6 is 46.4 Å². The van der Waals surface area contributed by atoms with Crippen LogP contribution in [0.3, 0.4) is 0 Å². The molecular formula is C55H63Cl4IN15O9-. The zero-order valence-corrected chi connectivity index (χ0v) is 51.5. The Kier molecular flexibility index (Phi) is 20.0. The first-order valence-corrected chi connectivity index (χ1v) is 31.9. The first-order chi connectivity index (χ1) is 40.5. The van der Waals surface area contributed by atoms with Crippen LogP contribution < -0.4 is 82.9 Å². The average molecular weight is 1350 g/mol. The van der Waals surface area contributed by atoms with Gasteiger partial charge in [0, 0.05) is 0 Å². The van der Waals surface area contributed by atoms with Gasteiger partial charge >= 0.3 is 133 Å². The summed E-state index contributed by atoms with van der Waals surface area (Å²) >= 11 is 24.1. The standard InChI is InChI=1S/2C18H20ClN5O3.C13H16ClIN3O2.C6H7ClN2O/c2*1-2-27-13-9-20-10-21-15(13)22-12-8-11(19)14-16(25)23-18(24(14)17(12)26)6-4-3-5-7-18;14-9-6-8(7-15-16)12(20)18-10(9)11(19)17-13(18)4-2-1-3-5-13;1-2-10-5-3-8-4-9-6(5)7/h2*8-10H,2-7H2,1H3,(H,23,25)(H,20,21,22);6H,1-5,7,16H2,(H,17,19);3-4H,2H2,1H3/q;;-1;. The van der Waals surface area contributed by atoms with Gasteiger partial charge < -0.3 is 35.5 Å². The van der Waals surface area contributed by atoms with Crippen LogP contribution in [0.4, 0.5) is 23.0 Å². The fourth-order valence-electron chi connectivity index (χ4n) is 11.6. The summed E-state index contributed by atoms with van der Waals surface area (Å²) in [6, 6.07) is 4.55. The minimum absolute atomic E-state index is 0.102. The summed E-state index contributed by atoms with van der Waals surface area (Å²) in [6.45, 7) is 7.03. The number of ether oxygens (including phenoxy) is 3. The molecule has 9 heterocycles. The Morgan fingerprint density at radius 1 is 0.512 bits per heavy atom. The van der Waals surface area contributed by atoms with E-state index in [1.54, 1.807) is 16.8 Å². The second-order valence-corrected chi connectivity index (χ2v) is 23.6. The predicted octanol–water partition coefficient (Wildman–Crippen LogP) is 5.44. The average Bonchev–Trinajstić information content (AvgIpc) is 1.93. The zero-order valence-electron chi connectivity index (χ0n) is 46.3. The number of hydrogen-bond donors (Lipinski definition) is 6. The van der Waals surface area contributed by atoms with Crippen LogP contribution in [0, 0.1) is 0 Å². The molecule has 448 valence electrons. The summed E-state index contributed by atoms with van der Waals surface area (Å²) in [5, 5.41) is 16.2. The van der Waals surface area contributed by atoms with Gasteiger partial charge in [0.05, 0.1) is 48.5 Å². The summed E-state index contributed by atoms with van der Waals surface area (Å²) in [4.78, 5) is 100. The zero-order chi connectivity index (χ0) is 59.8. The number of aromatic nitrogens is 9. The van der Waals surface area contributed by atoms with Crippen LogP contribution in [0.5, 0.6) is 17.2 Å². The Hall–Kier alpha value is -6.65. The molecule has 3 saturated carbocycles. The van der Waals surface area contributed by atoms with Gasteiger partial charge in [0.2, 0.25) is 0 Å². The van der Waals surface area contributed by atoms with E-state index in [2.05, 4.69) is 56.5 Å². The van der Waals surface area contributed by atoms with Crippen LogP contribution in [0.1, 0.15) is 154 Å². The number of alkyl halides is 1. The van der Waals surface area contributed by atoms with E-state index in [1.807, 2.05) is 20.8 Å². The summed E-state index contributed by atoms with van der Waals surface area (Å²) in [5.41, 5.74) is -0.795. The summed E-state index contributed by atoms with van der Waals surface area (Å²) in [5.74, 6) is 1.30. The van der Waals surface area contributed by atoms with E-state index < -0.39 is 38.5 Å². The van der Waals surface area contributed by atoms with Gasteiger partial charge in [0.15, 0.2) is 34.0 Å². The SMILES string of the molecule is CCOc1cncnc1Cl.CCOc1cncnc1Nc1cc(Cl)c2n(c1=O)C1(CCCCC1)NC2=O.CCOc1cncnc1Nc1cc(Cl)c2n(c1=O)C1(CCCCC1)NC2=O.N[I-]Cc1cc(Cl)c2n(c1=O)C1(CCCCC1)NC2=O. The molecule has 0 unspecified atom stereocenters. The molecule has 3 spiro atoms. The molecule has 6 aliphatic rings. The minimum atomic E-state index is -0.697. The van der Waals surface area contributed by atoms with Crippen molar-refractivity contribution in [1.82, 2.24) is 59.6 Å². The van der Waals surface area contributed by atoms with Gasteiger partial charge in [-0.3, -0.25) is 28.3 Å². The van der Waals surface area contributed by atoms with E-state index in [4.69, 9.17) is 64.6 Å². The molecule has 29 heteroatoms. The Morgan fingerprint density at radius 2 is 0.857 bits per heavy atom. The van der Waals surface area contributed by atoms with Gasteiger partial charge in [0.25, 0.3) is 22.9 Å². The number of nitrogens with zero attached hydrogens (tertiary/aromatic N) is 9. The summed E-state index contributed by atoms with van der Waals surface area (Å²) in [6.07, 6.45) is 22.3. The van der Waals surface area contributed by atoms with Crippen molar-refractivity contribution in [2.75, 3.05) is 30.5 Å². The third-order valence-electron chi connectivity index (χ3n) is 15.2.